The molecule has 4 nitrogen and oxygen atoms in total. The fourth-order valence-corrected chi connectivity index (χ4v) is 0.136. The molecule has 60 valence electrons. The van der Waals surface area contributed by atoms with E-state index in [9.17, 15) is 19.8 Å². The van der Waals surface area contributed by atoms with Crippen LogP contribution < -0.4 is 44.2 Å². The first-order valence-electron chi connectivity index (χ1n) is 1.73. The molecule has 0 aromatic carbocycles. The number of carboxylic acid groups (broad SMARTS) is 2. The first kappa shape index (κ1) is 22.5. The topological polar surface area (TPSA) is 80.3 Å². The van der Waals surface area contributed by atoms with Gasteiger partial charge in [0.15, 0.2) is 0 Å². The van der Waals surface area contributed by atoms with E-state index in [1.165, 1.54) is 0 Å². The molecule has 0 spiro atoms. The smallest absolute Gasteiger partial charge is 1.00 e. The zero-order chi connectivity index (χ0) is 6.57. The Balaban J connectivity index is -0.0000000817. The van der Waals surface area contributed by atoms with Crippen LogP contribution in [0.5, 0.6) is 0 Å². The SMILES string of the molecule is O=C([O-])/C=C\C(=O)[O-].[Br-].[Br-].[Sn+4]. The van der Waals surface area contributed by atoms with Gasteiger partial charge in [0.25, 0.3) is 0 Å². The second-order valence-corrected chi connectivity index (χ2v) is 0.971. The number of carbonyl (C=O) groups excluding carboxylic acids is 2. The summed E-state index contributed by atoms with van der Waals surface area (Å²) in [5.41, 5.74) is 0. The Morgan fingerprint density at radius 3 is 1.18 bits per heavy atom. The van der Waals surface area contributed by atoms with Gasteiger partial charge >= 0.3 is 23.9 Å². The van der Waals surface area contributed by atoms with E-state index in [4.69, 9.17) is 0 Å². The van der Waals surface area contributed by atoms with Crippen LogP contribution in [0.25, 0.3) is 0 Å². The van der Waals surface area contributed by atoms with Crippen LogP contribution in [0.4, 0.5) is 0 Å². The van der Waals surface area contributed by atoms with Crippen LogP contribution in [0, 0.1) is 0 Å². The maximum Gasteiger partial charge on any atom is 4.00 e. The third kappa shape index (κ3) is 25.1. The summed E-state index contributed by atoms with van der Waals surface area (Å²) in [6, 6.07) is 0. The number of carbonyl (C=O) groups is 2. The molecule has 0 aliphatic rings. The van der Waals surface area contributed by atoms with Crippen LogP contribution >= 0.6 is 0 Å². The van der Waals surface area contributed by atoms with Gasteiger partial charge in [0.1, 0.15) is 0 Å². The molecule has 0 rings (SSSR count). The van der Waals surface area contributed by atoms with Crippen molar-refractivity contribution in [1.82, 2.24) is 0 Å². The fraction of sp³-hybridized carbons (Fsp3) is 0. The summed E-state index contributed by atoms with van der Waals surface area (Å²) in [5, 5.41) is 18.8. The zero-order valence-electron chi connectivity index (χ0n) is 5.04. The fourth-order valence-electron chi connectivity index (χ4n) is 0.136. The van der Waals surface area contributed by atoms with Crippen molar-refractivity contribution >= 4 is 35.8 Å². The largest absolute Gasteiger partial charge is 4.00 e. The third-order valence-electron chi connectivity index (χ3n) is 0.355. The molecule has 0 saturated heterocycles. The molecule has 0 aromatic rings. The van der Waals surface area contributed by atoms with Gasteiger partial charge in [-0.1, -0.05) is 0 Å². The minimum absolute atomic E-state index is 0. The van der Waals surface area contributed by atoms with Crippen molar-refractivity contribution in [2.75, 3.05) is 0 Å². The van der Waals surface area contributed by atoms with E-state index in [0.29, 0.717) is 12.2 Å². The molecule has 0 heterocycles. The molecule has 0 amide bonds. The van der Waals surface area contributed by atoms with Crippen molar-refractivity contribution in [1.29, 1.82) is 0 Å². The second kappa shape index (κ2) is 13.1. The minimum Gasteiger partial charge on any atom is -1.00 e. The van der Waals surface area contributed by atoms with E-state index >= 15 is 0 Å². The number of rotatable bonds is 2. The minimum atomic E-state index is -1.55. The molecule has 11 heavy (non-hydrogen) atoms. The molecule has 0 aliphatic heterocycles. The van der Waals surface area contributed by atoms with Crippen molar-refractivity contribution in [2.45, 2.75) is 0 Å². The van der Waals surface area contributed by atoms with Crippen molar-refractivity contribution in [3.05, 3.63) is 12.2 Å². The van der Waals surface area contributed by atoms with Gasteiger partial charge in [0.05, 0.1) is 11.9 Å². The average Bonchev–Trinajstić information content (AvgIpc) is 1.61. The van der Waals surface area contributed by atoms with Crippen LogP contribution in [0.2, 0.25) is 0 Å². The van der Waals surface area contributed by atoms with Crippen molar-refractivity contribution < 1.29 is 53.8 Å². The molecular weight excluding hydrogens is 391 g/mol. The molecule has 0 radical (unpaired) electrons. The maximum absolute atomic E-state index is 9.41. The number of hydrogen-bond donors (Lipinski definition) is 0. The van der Waals surface area contributed by atoms with E-state index in [2.05, 4.69) is 0 Å². The Hall–Kier alpha value is 0.439. The predicted octanol–water partition coefficient (Wildman–Crippen LogP) is -9.33. The van der Waals surface area contributed by atoms with E-state index < -0.39 is 11.9 Å². The normalized spacial score (nSPS) is 6.91. The molecule has 0 unspecified atom stereocenters. The monoisotopic (exact) mass is 392 g/mol. The van der Waals surface area contributed by atoms with E-state index in [0.717, 1.165) is 0 Å². The van der Waals surface area contributed by atoms with Crippen molar-refractivity contribution in [2.24, 2.45) is 0 Å². The van der Waals surface area contributed by atoms with E-state index in [-0.39, 0.29) is 57.9 Å². The Morgan fingerprint density at radius 1 is 0.909 bits per heavy atom. The van der Waals surface area contributed by atoms with Gasteiger partial charge in [-0.05, 0) is 12.2 Å². The van der Waals surface area contributed by atoms with Gasteiger partial charge < -0.3 is 53.8 Å². The van der Waals surface area contributed by atoms with Gasteiger partial charge in [-0.15, -0.1) is 0 Å². The van der Waals surface area contributed by atoms with Gasteiger partial charge in [0.2, 0.25) is 0 Å². The van der Waals surface area contributed by atoms with Gasteiger partial charge in [0, 0.05) is 0 Å². The molecule has 0 atom stereocenters. The number of carboxylic acids is 2. The molecule has 0 bridgehead atoms. The van der Waals surface area contributed by atoms with Crippen LogP contribution in [0.3, 0.4) is 0 Å². The van der Waals surface area contributed by atoms with Gasteiger partial charge in [-0.3, -0.25) is 0 Å². The first-order valence-corrected chi connectivity index (χ1v) is 1.73. The average molecular weight is 393 g/mol. The molecule has 7 heteroatoms. The summed E-state index contributed by atoms with van der Waals surface area (Å²) in [5.74, 6) is -3.09. The molecule has 0 fully saturated rings. The molecule has 0 aliphatic carbocycles. The Bertz CT molecular complexity index is 131. The van der Waals surface area contributed by atoms with Crippen molar-refractivity contribution in [3.8, 4) is 0 Å². The predicted molar refractivity (Wildman–Crippen MR) is 24.9 cm³/mol. The Kier molecular flexibility index (Phi) is 26.7. The molecular formula is C4H2Br2O4Sn. The molecule has 0 saturated carbocycles. The van der Waals surface area contributed by atoms with Crippen LogP contribution in [-0.4, -0.2) is 35.8 Å². The first-order chi connectivity index (χ1) is 3.63. The van der Waals surface area contributed by atoms with E-state index in [1.807, 2.05) is 0 Å². The third-order valence-corrected chi connectivity index (χ3v) is 0.355. The zero-order valence-corrected chi connectivity index (χ0v) is 11.1. The van der Waals surface area contributed by atoms with Crippen LogP contribution in [0.15, 0.2) is 12.2 Å². The maximum atomic E-state index is 9.41. The van der Waals surface area contributed by atoms with Gasteiger partial charge in [-0.2, -0.15) is 0 Å². The number of halogens is 2. The van der Waals surface area contributed by atoms with Gasteiger partial charge in [-0.25, -0.2) is 0 Å². The number of hydrogen-bond acceptors (Lipinski definition) is 4. The second-order valence-electron chi connectivity index (χ2n) is 0.971. The van der Waals surface area contributed by atoms with Crippen molar-refractivity contribution in [3.63, 3.8) is 0 Å². The van der Waals surface area contributed by atoms with Crippen LogP contribution in [-0.2, 0) is 9.59 Å². The Labute approximate surface area is 101 Å². The summed E-state index contributed by atoms with van der Waals surface area (Å²) < 4.78 is 0. The summed E-state index contributed by atoms with van der Waals surface area (Å²) in [6.07, 6.45) is 0.769. The Morgan fingerprint density at radius 2 is 1.09 bits per heavy atom. The molecule has 0 N–H and O–H groups in total. The summed E-state index contributed by atoms with van der Waals surface area (Å²) in [4.78, 5) is 18.8. The van der Waals surface area contributed by atoms with E-state index in [1.54, 1.807) is 0 Å². The quantitative estimate of drug-likeness (QED) is 0.345. The summed E-state index contributed by atoms with van der Waals surface area (Å²) >= 11 is 0. The molecule has 0 aromatic heterocycles. The number of aliphatic carboxylic acids is 2. The van der Waals surface area contributed by atoms with Crippen LogP contribution in [0.1, 0.15) is 0 Å². The summed E-state index contributed by atoms with van der Waals surface area (Å²) in [7, 11) is 0. The standard InChI is InChI=1S/C4H4O4.2BrH.Sn/c5-3(6)1-2-4(7)8;;;/h1-2H,(H,5,6)(H,7,8);2*1H;/q;;;+4/p-4/b2-1-;;;. The summed E-state index contributed by atoms with van der Waals surface area (Å²) in [6.45, 7) is 0.